The summed E-state index contributed by atoms with van der Waals surface area (Å²) in [5.41, 5.74) is 0.935. The van der Waals surface area contributed by atoms with Gasteiger partial charge in [-0.15, -0.1) is 0 Å². The highest BCUT2D eigenvalue weighted by molar-refractivity contribution is 6.34. The SMILES string of the molecule is O=C(Nc1cccc2ccccc12)c1ccc(F)cc1Cl. The van der Waals surface area contributed by atoms with Crippen molar-refractivity contribution in [2.24, 2.45) is 0 Å². The molecule has 2 nitrogen and oxygen atoms in total. The van der Waals surface area contributed by atoms with Gasteiger partial charge in [0.05, 0.1) is 10.6 Å². The molecule has 21 heavy (non-hydrogen) atoms. The van der Waals surface area contributed by atoms with E-state index < -0.39 is 5.82 Å². The molecule has 0 aliphatic heterocycles. The second-order valence-electron chi connectivity index (χ2n) is 4.61. The predicted molar refractivity (Wildman–Crippen MR) is 83.3 cm³/mol. The summed E-state index contributed by atoms with van der Waals surface area (Å²) in [4.78, 5) is 12.3. The lowest BCUT2D eigenvalue weighted by atomic mass is 10.1. The standard InChI is InChI=1S/C17H11ClFNO/c18-15-10-12(19)8-9-14(15)17(21)20-16-7-3-5-11-4-1-2-6-13(11)16/h1-10H,(H,20,21). The van der Waals surface area contributed by atoms with Crippen LogP contribution in [0.4, 0.5) is 10.1 Å². The van der Waals surface area contributed by atoms with Crippen molar-refractivity contribution < 1.29 is 9.18 Å². The van der Waals surface area contributed by atoms with E-state index in [1.54, 1.807) is 0 Å². The van der Waals surface area contributed by atoms with Gasteiger partial charge in [0.25, 0.3) is 5.91 Å². The number of carbonyl (C=O) groups excluding carboxylic acids is 1. The topological polar surface area (TPSA) is 29.1 Å². The van der Waals surface area contributed by atoms with E-state index in [1.807, 2.05) is 42.5 Å². The van der Waals surface area contributed by atoms with Gasteiger partial charge in [0.2, 0.25) is 0 Å². The molecule has 0 fully saturated rings. The van der Waals surface area contributed by atoms with Gasteiger partial charge in [0.15, 0.2) is 0 Å². The van der Waals surface area contributed by atoms with Crippen molar-refractivity contribution >= 4 is 34.0 Å². The highest BCUT2D eigenvalue weighted by atomic mass is 35.5. The van der Waals surface area contributed by atoms with Gasteiger partial charge in [-0.2, -0.15) is 0 Å². The molecule has 1 N–H and O–H groups in total. The van der Waals surface area contributed by atoms with E-state index in [0.29, 0.717) is 5.69 Å². The molecule has 104 valence electrons. The molecular formula is C17H11ClFNO. The minimum absolute atomic E-state index is 0.0905. The Hall–Kier alpha value is -2.39. The molecule has 0 unspecified atom stereocenters. The van der Waals surface area contributed by atoms with E-state index in [-0.39, 0.29) is 16.5 Å². The largest absolute Gasteiger partial charge is 0.321 e. The van der Waals surface area contributed by atoms with Gasteiger partial charge < -0.3 is 5.32 Å². The van der Waals surface area contributed by atoms with E-state index in [4.69, 9.17) is 11.6 Å². The van der Waals surface area contributed by atoms with Crippen LogP contribution in [0.3, 0.4) is 0 Å². The van der Waals surface area contributed by atoms with Crippen molar-refractivity contribution in [2.75, 3.05) is 5.32 Å². The average molecular weight is 300 g/mol. The number of carbonyl (C=O) groups is 1. The Morgan fingerprint density at radius 1 is 1.00 bits per heavy atom. The molecule has 0 bridgehead atoms. The van der Waals surface area contributed by atoms with Crippen LogP contribution in [0.2, 0.25) is 5.02 Å². The van der Waals surface area contributed by atoms with Crippen LogP contribution < -0.4 is 5.32 Å². The average Bonchev–Trinajstić information content (AvgIpc) is 2.47. The van der Waals surface area contributed by atoms with Crippen LogP contribution in [0.5, 0.6) is 0 Å². The zero-order valence-corrected chi connectivity index (χ0v) is 11.7. The van der Waals surface area contributed by atoms with E-state index >= 15 is 0 Å². The van der Waals surface area contributed by atoms with E-state index in [0.717, 1.165) is 16.8 Å². The quantitative estimate of drug-likeness (QED) is 0.717. The summed E-state index contributed by atoms with van der Waals surface area (Å²) in [6, 6.07) is 17.1. The summed E-state index contributed by atoms with van der Waals surface area (Å²) < 4.78 is 13.0. The minimum atomic E-state index is -0.471. The Morgan fingerprint density at radius 2 is 1.76 bits per heavy atom. The third kappa shape index (κ3) is 2.73. The molecule has 3 aromatic rings. The molecule has 0 aliphatic rings. The Labute approximate surface area is 126 Å². The number of anilines is 1. The Morgan fingerprint density at radius 3 is 2.57 bits per heavy atom. The summed E-state index contributed by atoms with van der Waals surface area (Å²) in [5, 5.41) is 4.87. The number of nitrogens with one attached hydrogen (secondary N) is 1. The zero-order valence-electron chi connectivity index (χ0n) is 10.9. The number of halogens is 2. The zero-order chi connectivity index (χ0) is 14.8. The fourth-order valence-electron chi connectivity index (χ4n) is 2.20. The Kier molecular flexibility index (Phi) is 3.59. The molecule has 0 spiro atoms. The minimum Gasteiger partial charge on any atom is -0.321 e. The van der Waals surface area contributed by atoms with E-state index in [2.05, 4.69) is 5.32 Å². The molecule has 0 heterocycles. The van der Waals surface area contributed by atoms with Crippen LogP contribution >= 0.6 is 11.6 Å². The summed E-state index contributed by atoms with van der Waals surface area (Å²) in [5.74, 6) is -0.835. The second kappa shape index (κ2) is 5.54. The monoisotopic (exact) mass is 299 g/mol. The maximum absolute atomic E-state index is 13.0. The van der Waals surface area contributed by atoms with Gasteiger partial charge in [0, 0.05) is 11.1 Å². The summed E-state index contributed by atoms with van der Waals surface area (Å²) in [6.45, 7) is 0. The van der Waals surface area contributed by atoms with Crippen LogP contribution in [0.25, 0.3) is 10.8 Å². The molecule has 4 heteroatoms. The predicted octanol–water partition coefficient (Wildman–Crippen LogP) is 4.88. The molecule has 0 saturated heterocycles. The molecular weight excluding hydrogens is 289 g/mol. The molecule has 3 aromatic carbocycles. The third-order valence-electron chi connectivity index (χ3n) is 3.21. The second-order valence-corrected chi connectivity index (χ2v) is 5.01. The molecule has 1 amide bonds. The van der Waals surface area contributed by atoms with Gasteiger partial charge in [-0.25, -0.2) is 4.39 Å². The van der Waals surface area contributed by atoms with Crippen LogP contribution in [-0.4, -0.2) is 5.91 Å². The lowest BCUT2D eigenvalue weighted by Gasteiger charge is -2.09. The first-order chi connectivity index (χ1) is 10.1. The first-order valence-electron chi connectivity index (χ1n) is 6.39. The maximum Gasteiger partial charge on any atom is 0.257 e. The number of rotatable bonds is 2. The molecule has 0 aliphatic carbocycles. The van der Waals surface area contributed by atoms with Crippen molar-refractivity contribution in [3.05, 3.63) is 77.1 Å². The summed E-state index contributed by atoms with van der Waals surface area (Å²) >= 11 is 5.91. The van der Waals surface area contributed by atoms with Crippen LogP contribution in [-0.2, 0) is 0 Å². The van der Waals surface area contributed by atoms with Crippen LogP contribution in [0.1, 0.15) is 10.4 Å². The molecule has 3 rings (SSSR count). The smallest absolute Gasteiger partial charge is 0.257 e. The third-order valence-corrected chi connectivity index (χ3v) is 3.53. The lowest BCUT2D eigenvalue weighted by Crippen LogP contribution is -2.12. The number of amides is 1. The first-order valence-corrected chi connectivity index (χ1v) is 6.77. The summed E-state index contributed by atoms with van der Waals surface area (Å²) in [6.07, 6.45) is 0. The Bertz CT molecular complexity index is 827. The highest BCUT2D eigenvalue weighted by Crippen LogP contribution is 2.25. The van der Waals surface area contributed by atoms with E-state index in [1.165, 1.54) is 12.1 Å². The number of benzene rings is 3. The molecule has 0 aromatic heterocycles. The first kappa shape index (κ1) is 13.6. The highest BCUT2D eigenvalue weighted by Gasteiger charge is 2.12. The Balaban J connectivity index is 1.97. The van der Waals surface area contributed by atoms with Crippen molar-refractivity contribution in [1.82, 2.24) is 0 Å². The van der Waals surface area contributed by atoms with Gasteiger partial charge in [-0.3, -0.25) is 4.79 Å². The van der Waals surface area contributed by atoms with Crippen molar-refractivity contribution in [2.45, 2.75) is 0 Å². The van der Waals surface area contributed by atoms with Gasteiger partial charge in [-0.1, -0.05) is 48.0 Å². The lowest BCUT2D eigenvalue weighted by molar-refractivity contribution is 0.102. The number of hydrogen-bond donors (Lipinski definition) is 1. The fourth-order valence-corrected chi connectivity index (χ4v) is 2.45. The van der Waals surface area contributed by atoms with Crippen LogP contribution in [0.15, 0.2) is 60.7 Å². The van der Waals surface area contributed by atoms with Crippen LogP contribution in [0, 0.1) is 5.82 Å². The van der Waals surface area contributed by atoms with Gasteiger partial charge >= 0.3 is 0 Å². The molecule has 0 atom stereocenters. The fraction of sp³-hybridized carbons (Fsp3) is 0. The molecule has 0 saturated carbocycles. The van der Waals surface area contributed by atoms with Gasteiger partial charge in [0.1, 0.15) is 5.82 Å². The normalized spacial score (nSPS) is 10.6. The number of fused-ring (bicyclic) bond motifs is 1. The van der Waals surface area contributed by atoms with Crippen molar-refractivity contribution in [3.63, 3.8) is 0 Å². The summed E-state index contributed by atoms with van der Waals surface area (Å²) in [7, 11) is 0. The van der Waals surface area contributed by atoms with Crippen molar-refractivity contribution in [3.8, 4) is 0 Å². The van der Waals surface area contributed by atoms with E-state index in [9.17, 15) is 9.18 Å². The van der Waals surface area contributed by atoms with Crippen molar-refractivity contribution in [1.29, 1.82) is 0 Å². The van der Waals surface area contributed by atoms with Gasteiger partial charge in [-0.05, 0) is 29.7 Å². The molecule has 0 radical (unpaired) electrons. The number of hydrogen-bond acceptors (Lipinski definition) is 1. The maximum atomic E-state index is 13.0.